The molecule has 0 unspecified atom stereocenters. The molecule has 0 atom stereocenters. The van der Waals surface area contributed by atoms with E-state index in [9.17, 15) is 0 Å². The standard InChI is InChI=1S/C25H32ClN7/c1-31(2)18-20-6-4-5-7-23(20)29-24-22(26)16-27-25(30-24)28-21-10-8-19(9-11-21)17-33-14-12-32(3)13-15-33/h4-11,16H,12-15,17-18H2,1-3H3,(H2,27,28,29,30). The molecular formula is C25H32ClN7. The van der Waals surface area contributed by atoms with Gasteiger partial charge in [-0.3, -0.25) is 4.90 Å². The monoisotopic (exact) mass is 465 g/mol. The maximum absolute atomic E-state index is 6.40. The van der Waals surface area contributed by atoms with Gasteiger partial charge in [-0.15, -0.1) is 0 Å². The number of nitrogens with zero attached hydrogens (tertiary/aromatic N) is 5. The quantitative estimate of drug-likeness (QED) is 0.510. The predicted molar refractivity (Wildman–Crippen MR) is 137 cm³/mol. The molecule has 8 heteroatoms. The second-order valence-electron chi connectivity index (χ2n) is 8.81. The van der Waals surface area contributed by atoms with Gasteiger partial charge >= 0.3 is 0 Å². The highest BCUT2D eigenvalue weighted by Gasteiger charge is 2.14. The normalized spacial score (nSPS) is 15.1. The van der Waals surface area contributed by atoms with Crippen molar-refractivity contribution in [3.63, 3.8) is 0 Å². The van der Waals surface area contributed by atoms with E-state index in [-0.39, 0.29) is 0 Å². The lowest BCUT2D eigenvalue weighted by Crippen LogP contribution is -2.43. The molecule has 7 nitrogen and oxygen atoms in total. The van der Waals surface area contributed by atoms with Crippen LogP contribution in [-0.2, 0) is 13.1 Å². The van der Waals surface area contributed by atoms with Crippen molar-refractivity contribution in [2.45, 2.75) is 13.1 Å². The number of nitrogens with one attached hydrogen (secondary N) is 2. The largest absolute Gasteiger partial charge is 0.339 e. The Labute approximate surface area is 201 Å². The van der Waals surface area contributed by atoms with Crippen molar-refractivity contribution in [1.82, 2.24) is 24.7 Å². The maximum atomic E-state index is 6.40. The highest BCUT2D eigenvalue weighted by atomic mass is 35.5. The molecule has 1 aliphatic heterocycles. The zero-order valence-corrected chi connectivity index (χ0v) is 20.3. The number of benzene rings is 2. The number of halogens is 1. The molecule has 1 aromatic heterocycles. The minimum absolute atomic E-state index is 0.475. The lowest BCUT2D eigenvalue weighted by atomic mass is 10.1. The van der Waals surface area contributed by atoms with Gasteiger partial charge in [-0.2, -0.15) is 4.98 Å². The Bertz CT molecular complexity index is 1050. The Kier molecular flexibility index (Phi) is 7.77. The second kappa shape index (κ2) is 10.9. The fourth-order valence-corrected chi connectivity index (χ4v) is 3.99. The van der Waals surface area contributed by atoms with Crippen molar-refractivity contribution < 1.29 is 0 Å². The molecule has 33 heavy (non-hydrogen) atoms. The molecule has 2 N–H and O–H groups in total. The zero-order chi connectivity index (χ0) is 23.2. The van der Waals surface area contributed by atoms with Crippen LogP contribution in [0.1, 0.15) is 11.1 Å². The van der Waals surface area contributed by atoms with Gasteiger partial charge in [0, 0.05) is 50.6 Å². The first-order chi connectivity index (χ1) is 16.0. The Balaban J connectivity index is 1.42. The summed E-state index contributed by atoms with van der Waals surface area (Å²) in [6.45, 7) is 6.28. The smallest absolute Gasteiger partial charge is 0.229 e. The van der Waals surface area contributed by atoms with Gasteiger partial charge in [-0.25, -0.2) is 4.98 Å². The predicted octanol–water partition coefficient (Wildman–Crippen LogP) is 4.43. The molecule has 0 aliphatic carbocycles. The lowest BCUT2D eigenvalue weighted by Gasteiger charge is -2.32. The van der Waals surface area contributed by atoms with E-state index < -0.39 is 0 Å². The van der Waals surface area contributed by atoms with Gasteiger partial charge in [0.2, 0.25) is 5.95 Å². The number of para-hydroxylation sites is 1. The molecule has 2 aromatic carbocycles. The molecular weight excluding hydrogens is 434 g/mol. The van der Waals surface area contributed by atoms with Crippen LogP contribution in [-0.4, -0.2) is 72.0 Å². The number of rotatable bonds is 8. The third-order valence-electron chi connectivity index (χ3n) is 5.71. The number of hydrogen-bond donors (Lipinski definition) is 2. The van der Waals surface area contributed by atoms with E-state index in [1.54, 1.807) is 6.20 Å². The van der Waals surface area contributed by atoms with Crippen molar-refractivity contribution in [3.05, 3.63) is 70.9 Å². The summed E-state index contributed by atoms with van der Waals surface area (Å²) in [6.07, 6.45) is 1.62. The number of piperazine rings is 1. The molecule has 2 heterocycles. The maximum Gasteiger partial charge on any atom is 0.229 e. The minimum Gasteiger partial charge on any atom is -0.339 e. The molecule has 0 amide bonds. The molecule has 0 spiro atoms. The van der Waals surface area contributed by atoms with E-state index in [1.807, 2.05) is 32.3 Å². The van der Waals surface area contributed by atoms with Gasteiger partial charge in [-0.05, 0) is 50.5 Å². The van der Waals surface area contributed by atoms with Crippen LogP contribution in [0, 0.1) is 0 Å². The topological polar surface area (TPSA) is 59.6 Å². The third-order valence-corrected chi connectivity index (χ3v) is 5.99. The SMILES string of the molecule is CN(C)Cc1ccccc1Nc1nc(Nc2ccc(CN3CCN(C)CC3)cc2)ncc1Cl. The van der Waals surface area contributed by atoms with Gasteiger partial charge in [0.25, 0.3) is 0 Å². The van der Waals surface area contributed by atoms with E-state index >= 15 is 0 Å². The highest BCUT2D eigenvalue weighted by Crippen LogP contribution is 2.27. The minimum atomic E-state index is 0.475. The molecule has 174 valence electrons. The summed E-state index contributed by atoms with van der Waals surface area (Å²) in [5.74, 6) is 1.07. The zero-order valence-electron chi connectivity index (χ0n) is 19.6. The van der Waals surface area contributed by atoms with Gasteiger partial charge in [0.15, 0.2) is 5.82 Å². The van der Waals surface area contributed by atoms with E-state index in [0.717, 1.165) is 50.6 Å². The molecule has 0 saturated carbocycles. The van der Waals surface area contributed by atoms with E-state index in [2.05, 4.69) is 72.7 Å². The molecule has 0 bridgehead atoms. The van der Waals surface area contributed by atoms with Crippen molar-refractivity contribution in [2.75, 3.05) is 58.0 Å². The summed E-state index contributed by atoms with van der Waals surface area (Å²) in [5.41, 5.74) is 4.40. The van der Waals surface area contributed by atoms with Crippen LogP contribution in [0.15, 0.2) is 54.7 Å². The van der Waals surface area contributed by atoms with Crippen molar-refractivity contribution >= 4 is 34.7 Å². The summed E-state index contributed by atoms with van der Waals surface area (Å²) in [5, 5.41) is 7.14. The van der Waals surface area contributed by atoms with Crippen molar-refractivity contribution in [1.29, 1.82) is 0 Å². The van der Waals surface area contributed by atoms with Crippen LogP contribution >= 0.6 is 11.6 Å². The number of likely N-dealkylation sites (N-methyl/N-ethyl adjacent to an activating group) is 1. The Morgan fingerprint density at radius 3 is 2.42 bits per heavy atom. The average Bonchev–Trinajstić information content (AvgIpc) is 2.80. The van der Waals surface area contributed by atoms with E-state index in [1.165, 1.54) is 11.1 Å². The fraction of sp³-hybridized carbons (Fsp3) is 0.360. The van der Waals surface area contributed by atoms with Gasteiger partial charge in [0.1, 0.15) is 5.02 Å². The summed E-state index contributed by atoms with van der Waals surface area (Å²) in [7, 11) is 6.28. The molecule has 1 fully saturated rings. The second-order valence-corrected chi connectivity index (χ2v) is 9.22. The van der Waals surface area contributed by atoms with Crippen LogP contribution < -0.4 is 10.6 Å². The average molecular weight is 466 g/mol. The lowest BCUT2D eigenvalue weighted by molar-refractivity contribution is 0.148. The molecule has 4 rings (SSSR count). The van der Waals surface area contributed by atoms with Gasteiger partial charge in [-0.1, -0.05) is 41.9 Å². The van der Waals surface area contributed by atoms with Crippen LogP contribution in [0.25, 0.3) is 0 Å². The molecule has 0 radical (unpaired) electrons. The first-order valence-electron chi connectivity index (χ1n) is 11.3. The Morgan fingerprint density at radius 2 is 1.70 bits per heavy atom. The summed E-state index contributed by atoms with van der Waals surface area (Å²) >= 11 is 6.40. The number of anilines is 4. The van der Waals surface area contributed by atoms with Crippen LogP contribution in [0.4, 0.5) is 23.1 Å². The van der Waals surface area contributed by atoms with Gasteiger partial charge in [0.05, 0.1) is 6.20 Å². The number of aromatic nitrogens is 2. The first kappa shape index (κ1) is 23.4. The summed E-state index contributed by atoms with van der Waals surface area (Å²) in [6, 6.07) is 16.6. The van der Waals surface area contributed by atoms with Crippen LogP contribution in [0.3, 0.4) is 0 Å². The Morgan fingerprint density at radius 1 is 0.970 bits per heavy atom. The van der Waals surface area contributed by atoms with Gasteiger partial charge < -0.3 is 20.4 Å². The highest BCUT2D eigenvalue weighted by molar-refractivity contribution is 6.32. The summed E-state index contributed by atoms with van der Waals surface area (Å²) in [4.78, 5) is 16.0. The van der Waals surface area contributed by atoms with E-state index in [4.69, 9.17) is 11.6 Å². The van der Waals surface area contributed by atoms with Crippen molar-refractivity contribution in [3.8, 4) is 0 Å². The van der Waals surface area contributed by atoms with Crippen molar-refractivity contribution in [2.24, 2.45) is 0 Å². The molecule has 3 aromatic rings. The molecule has 1 aliphatic rings. The third kappa shape index (κ3) is 6.65. The summed E-state index contributed by atoms with van der Waals surface area (Å²) < 4.78 is 0. The molecule has 1 saturated heterocycles. The number of hydrogen-bond acceptors (Lipinski definition) is 7. The first-order valence-corrected chi connectivity index (χ1v) is 11.6. The van der Waals surface area contributed by atoms with E-state index in [0.29, 0.717) is 16.8 Å². The Hall–Kier alpha value is -2.71. The fourth-order valence-electron chi connectivity index (χ4n) is 3.85. The van der Waals surface area contributed by atoms with Crippen LogP contribution in [0.2, 0.25) is 5.02 Å². The van der Waals surface area contributed by atoms with Crippen LogP contribution in [0.5, 0.6) is 0 Å².